The van der Waals surface area contributed by atoms with Crippen molar-refractivity contribution in [3.8, 4) is 5.75 Å². The van der Waals surface area contributed by atoms with Gasteiger partial charge in [-0.2, -0.15) is 0 Å². The van der Waals surface area contributed by atoms with E-state index in [4.69, 9.17) is 9.94 Å². The van der Waals surface area contributed by atoms with E-state index in [9.17, 15) is 9.18 Å². The number of halogens is 1. The fourth-order valence-corrected chi connectivity index (χ4v) is 1.65. The number of para-hydroxylation sites is 1. The zero-order chi connectivity index (χ0) is 15.1. The van der Waals surface area contributed by atoms with Gasteiger partial charge in [0, 0.05) is 11.3 Å². The van der Waals surface area contributed by atoms with Crippen molar-refractivity contribution in [3.63, 3.8) is 0 Å². The number of oxime groups is 1. The largest absolute Gasteiger partial charge is 0.483 e. The summed E-state index contributed by atoms with van der Waals surface area (Å²) in [6.07, 6.45) is 1.22. The maximum Gasteiger partial charge on any atom is 0.262 e. The van der Waals surface area contributed by atoms with E-state index in [1.165, 1.54) is 30.5 Å². The monoisotopic (exact) mass is 288 g/mol. The normalized spacial score (nSPS) is 10.5. The van der Waals surface area contributed by atoms with Gasteiger partial charge in [0.15, 0.2) is 6.61 Å². The van der Waals surface area contributed by atoms with E-state index in [2.05, 4.69) is 10.5 Å². The maximum absolute atomic E-state index is 12.7. The van der Waals surface area contributed by atoms with Gasteiger partial charge in [0.25, 0.3) is 5.91 Å². The molecule has 0 aromatic heterocycles. The van der Waals surface area contributed by atoms with E-state index >= 15 is 0 Å². The number of nitrogens with one attached hydrogen (secondary N) is 1. The van der Waals surface area contributed by atoms with Crippen LogP contribution in [-0.4, -0.2) is 23.9 Å². The maximum atomic E-state index is 12.7. The highest BCUT2D eigenvalue weighted by atomic mass is 19.1. The molecule has 0 bridgehead atoms. The second-order valence-electron chi connectivity index (χ2n) is 4.13. The van der Waals surface area contributed by atoms with Crippen molar-refractivity contribution in [2.45, 2.75) is 0 Å². The predicted octanol–water partition coefficient (Wildman–Crippen LogP) is 2.65. The molecule has 0 atom stereocenters. The molecule has 0 aliphatic rings. The minimum absolute atomic E-state index is 0.215. The van der Waals surface area contributed by atoms with E-state index in [-0.39, 0.29) is 18.3 Å². The van der Waals surface area contributed by atoms with Crippen LogP contribution in [0.2, 0.25) is 0 Å². The molecule has 0 radical (unpaired) electrons. The highest BCUT2D eigenvalue weighted by Gasteiger charge is 2.06. The molecule has 21 heavy (non-hydrogen) atoms. The average Bonchev–Trinajstić information content (AvgIpc) is 2.49. The van der Waals surface area contributed by atoms with Crippen molar-refractivity contribution in [2.24, 2.45) is 5.16 Å². The smallest absolute Gasteiger partial charge is 0.262 e. The van der Waals surface area contributed by atoms with Crippen LogP contribution < -0.4 is 10.1 Å². The number of hydrogen-bond donors (Lipinski definition) is 2. The van der Waals surface area contributed by atoms with Gasteiger partial charge in [-0.15, -0.1) is 0 Å². The minimum Gasteiger partial charge on any atom is -0.483 e. The third-order valence-corrected chi connectivity index (χ3v) is 2.60. The molecule has 0 saturated heterocycles. The van der Waals surface area contributed by atoms with Gasteiger partial charge in [-0.3, -0.25) is 4.79 Å². The van der Waals surface area contributed by atoms with Gasteiger partial charge in [0.05, 0.1) is 6.21 Å². The molecular weight excluding hydrogens is 275 g/mol. The summed E-state index contributed by atoms with van der Waals surface area (Å²) in [6.45, 7) is -0.215. The number of rotatable bonds is 5. The summed E-state index contributed by atoms with van der Waals surface area (Å²) in [5.74, 6) is -0.330. The van der Waals surface area contributed by atoms with E-state index in [1.54, 1.807) is 24.3 Å². The second-order valence-corrected chi connectivity index (χ2v) is 4.13. The van der Waals surface area contributed by atoms with Crippen molar-refractivity contribution in [2.75, 3.05) is 11.9 Å². The molecule has 2 rings (SSSR count). The van der Waals surface area contributed by atoms with Crippen LogP contribution in [0.1, 0.15) is 5.56 Å². The molecule has 2 aromatic rings. The van der Waals surface area contributed by atoms with Crippen LogP contribution in [0.5, 0.6) is 5.75 Å². The summed E-state index contributed by atoms with van der Waals surface area (Å²) >= 11 is 0. The lowest BCUT2D eigenvalue weighted by Crippen LogP contribution is -2.20. The molecule has 2 aromatic carbocycles. The standard InChI is InChI=1S/C15H13FN2O3/c16-12-5-7-13(8-6-12)18-15(19)10-21-14-4-2-1-3-11(14)9-17-20/h1-9,20H,10H2,(H,18,19)/b17-9+. The molecule has 0 unspecified atom stereocenters. The summed E-state index contributed by atoms with van der Waals surface area (Å²) in [6, 6.07) is 12.3. The van der Waals surface area contributed by atoms with E-state index < -0.39 is 0 Å². The van der Waals surface area contributed by atoms with Crippen LogP contribution in [0.25, 0.3) is 0 Å². The predicted molar refractivity (Wildman–Crippen MR) is 76.3 cm³/mol. The van der Waals surface area contributed by atoms with Gasteiger partial charge in [-0.25, -0.2) is 4.39 Å². The molecule has 108 valence electrons. The Kier molecular flexibility index (Phi) is 4.87. The number of nitrogens with zero attached hydrogens (tertiary/aromatic N) is 1. The Morgan fingerprint density at radius 3 is 2.67 bits per heavy atom. The number of amides is 1. The van der Waals surface area contributed by atoms with Crippen molar-refractivity contribution in [3.05, 3.63) is 59.9 Å². The minimum atomic E-state index is -0.377. The number of benzene rings is 2. The van der Waals surface area contributed by atoms with E-state index in [1.807, 2.05) is 0 Å². The van der Waals surface area contributed by atoms with Gasteiger partial charge in [-0.05, 0) is 36.4 Å². The van der Waals surface area contributed by atoms with Gasteiger partial charge in [0.1, 0.15) is 11.6 Å². The summed E-state index contributed by atoms with van der Waals surface area (Å²) in [4.78, 5) is 11.7. The zero-order valence-electron chi connectivity index (χ0n) is 11.0. The van der Waals surface area contributed by atoms with Crippen LogP contribution in [0.15, 0.2) is 53.7 Å². The summed E-state index contributed by atoms with van der Waals surface area (Å²) in [7, 11) is 0. The third-order valence-electron chi connectivity index (χ3n) is 2.60. The fourth-order valence-electron chi connectivity index (χ4n) is 1.65. The summed E-state index contributed by atoms with van der Waals surface area (Å²) in [5, 5.41) is 14.0. The fraction of sp³-hybridized carbons (Fsp3) is 0.0667. The quantitative estimate of drug-likeness (QED) is 0.505. The molecule has 0 fully saturated rings. The molecule has 0 heterocycles. The topological polar surface area (TPSA) is 70.9 Å². The van der Waals surface area contributed by atoms with Crippen LogP contribution in [0.3, 0.4) is 0 Å². The molecular formula is C15H13FN2O3. The van der Waals surface area contributed by atoms with Gasteiger partial charge < -0.3 is 15.3 Å². The average molecular weight is 288 g/mol. The summed E-state index contributed by atoms with van der Waals surface area (Å²) < 4.78 is 18.1. The lowest BCUT2D eigenvalue weighted by atomic mass is 10.2. The highest BCUT2D eigenvalue weighted by molar-refractivity contribution is 5.92. The molecule has 5 nitrogen and oxygen atoms in total. The Bertz CT molecular complexity index is 642. The number of ether oxygens (including phenoxy) is 1. The number of carbonyl (C=O) groups is 1. The molecule has 0 aliphatic carbocycles. The number of anilines is 1. The molecule has 2 N–H and O–H groups in total. The Morgan fingerprint density at radius 2 is 1.95 bits per heavy atom. The lowest BCUT2D eigenvalue weighted by Gasteiger charge is -2.09. The SMILES string of the molecule is O=C(COc1ccccc1/C=N/O)Nc1ccc(F)cc1. The number of carbonyl (C=O) groups excluding carboxylic acids is 1. The van der Waals surface area contributed by atoms with Crippen molar-refractivity contribution in [1.82, 2.24) is 0 Å². The zero-order valence-corrected chi connectivity index (χ0v) is 11.0. The van der Waals surface area contributed by atoms with Gasteiger partial charge in [0.2, 0.25) is 0 Å². The van der Waals surface area contributed by atoms with Crippen LogP contribution in [0, 0.1) is 5.82 Å². The third kappa shape index (κ3) is 4.31. The van der Waals surface area contributed by atoms with Crippen LogP contribution in [0.4, 0.5) is 10.1 Å². The summed E-state index contributed by atoms with van der Waals surface area (Å²) in [5.41, 5.74) is 1.03. The Morgan fingerprint density at radius 1 is 1.24 bits per heavy atom. The van der Waals surface area contributed by atoms with Crippen molar-refractivity contribution in [1.29, 1.82) is 0 Å². The molecule has 1 amide bonds. The van der Waals surface area contributed by atoms with Crippen molar-refractivity contribution < 1.29 is 19.1 Å². The molecule has 0 aliphatic heterocycles. The molecule has 0 saturated carbocycles. The first-order valence-electron chi connectivity index (χ1n) is 6.14. The first-order chi connectivity index (χ1) is 10.2. The van der Waals surface area contributed by atoms with E-state index in [0.29, 0.717) is 17.0 Å². The molecule has 0 spiro atoms. The van der Waals surface area contributed by atoms with E-state index in [0.717, 1.165) is 0 Å². The van der Waals surface area contributed by atoms with Crippen molar-refractivity contribution >= 4 is 17.8 Å². The first kappa shape index (κ1) is 14.5. The van der Waals surface area contributed by atoms with Crippen LogP contribution >= 0.6 is 0 Å². The second kappa shape index (κ2) is 7.04. The van der Waals surface area contributed by atoms with Crippen LogP contribution in [-0.2, 0) is 4.79 Å². The number of hydrogen-bond acceptors (Lipinski definition) is 4. The Hall–Kier alpha value is -2.89. The Labute approximate surface area is 120 Å². The lowest BCUT2D eigenvalue weighted by molar-refractivity contribution is -0.118. The molecule has 6 heteroatoms. The van der Waals surface area contributed by atoms with Gasteiger partial charge >= 0.3 is 0 Å². The van der Waals surface area contributed by atoms with Gasteiger partial charge in [-0.1, -0.05) is 17.3 Å². The Balaban J connectivity index is 1.93. The first-order valence-corrected chi connectivity index (χ1v) is 6.14. The highest BCUT2D eigenvalue weighted by Crippen LogP contribution is 2.16.